The molecule has 0 bridgehead atoms. The van der Waals surface area contributed by atoms with Crippen molar-refractivity contribution < 1.29 is 35.6 Å². The minimum absolute atomic E-state index is 0.0774. The van der Waals surface area contributed by atoms with Crippen molar-refractivity contribution in [1.82, 2.24) is 15.2 Å². The van der Waals surface area contributed by atoms with Crippen LogP contribution in [0.15, 0.2) is 45.6 Å². The highest BCUT2D eigenvalue weighted by molar-refractivity contribution is 5.84. The maximum absolute atomic E-state index is 14.0. The molecular formula is C26H25F6N3O3. The molecule has 2 heterocycles. The second-order valence-electron chi connectivity index (χ2n) is 10.3. The molecule has 2 fully saturated rings. The van der Waals surface area contributed by atoms with Crippen molar-refractivity contribution in [1.29, 1.82) is 0 Å². The summed E-state index contributed by atoms with van der Waals surface area (Å²) >= 11 is 0. The van der Waals surface area contributed by atoms with Crippen LogP contribution in [0.1, 0.15) is 47.9 Å². The summed E-state index contributed by atoms with van der Waals surface area (Å²) in [6.45, 7) is 0.462. The second-order valence-corrected chi connectivity index (χ2v) is 10.3. The molecule has 2 N–H and O–H groups in total. The normalized spacial score (nSPS) is 20.3. The van der Waals surface area contributed by atoms with Gasteiger partial charge in [-0.25, -0.2) is 4.79 Å². The molecule has 0 spiro atoms. The van der Waals surface area contributed by atoms with Crippen LogP contribution in [0.5, 0.6) is 0 Å². The van der Waals surface area contributed by atoms with E-state index in [1.165, 1.54) is 11.0 Å². The number of hydrogen-bond acceptors (Lipinski definition) is 4. The summed E-state index contributed by atoms with van der Waals surface area (Å²) < 4.78 is 85.9. The number of hydrogen-bond donors (Lipinski definition) is 2. The van der Waals surface area contributed by atoms with Gasteiger partial charge < -0.3 is 14.6 Å². The summed E-state index contributed by atoms with van der Waals surface area (Å²) in [7, 11) is 0. The van der Waals surface area contributed by atoms with Gasteiger partial charge in [-0.15, -0.1) is 0 Å². The van der Waals surface area contributed by atoms with Crippen LogP contribution in [0.3, 0.4) is 0 Å². The van der Waals surface area contributed by atoms with E-state index >= 15 is 0 Å². The van der Waals surface area contributed by atoms with Gasteiger partial charge in [0, 0.05) is 19.6 Å². The fourth-order valence-corrected chi connectivity index (χ4v) is 5.25. The number of benzene rings is 2. The first-order valence-corrected chi connectivity index (χ1v) is 12.2. The molecule has 0 radical (unpaired) electrons. The largest absolute Gasteiger partial charge is 0.417 e. The molecule has 12 heteroatoms. The van der Waals surface area contributed by atoms with Crippen LogP contribution in [0, 0.1) is 11.3 Å². The number of H-pyrrole nitrogens is 1. The van der Waals surface area contributed by atoms with Gasteiger partial charge in [0.05, 0.1) is 22.1 Å². The smallest absolute Gasteiger partial charge is 0.408 e. The second kappa shape index (κ2) is 9.48. The van der Waals surface area contributed by atoms with Gasteiger partial charge in [-0.1, -0.05) is 18.9 Å². The van der Waals surface area contributed by atoms with Crippen molar-refractivity contribution in [2.45, 2.75) is 51.1 Å². The Labute approximate surface area is 213 Å². The van der Waals surface area contributed by atoms with Gasteiger partial charge in [-0.2, -0.15) is 26.3 Å². The number of halogens is 6. The lowest BCUT2D eigenvalue weighted by atomic mass is 9.80. The van der Waals surface area contributed by atoms with Crippen LogP contribution in [0.2, 0.25) is 0 Å². The third-order valence-electron chi connectivity index (χ3n) is 7.24. The average molecular weight is 541 g/mol. The standard InChI is InChI=1S/C26H25F6N3O3/c27-25(28,29)18-7-17(8-19(10-18)26(30,31)32)13-35(12-16-3-4-21-20(9-16)34-23(37)38-21)22(36)24(5-6-33-14-24)11-15-1-2-15/h3-4,7-10,15,33H,1-2,5-6,11-14H2,(H,34,37). The lowest BCUT2D eigenvalue weighted by Crippen LogP contribution is -2.45. The van der Waals surface area contributed by atoms with E-state index < -0.39 is 41.2 Å². The van der Waals surface area contributed by atoms with Crippen LogP contribution in [0.25, 0.3) is 11.1 Å². The monoisotopic (exact) mass is 541 g/mol. The highest BCUT2D eigenvalue weighted by Crippen LogP contribution is 2.45. The average Bonchev–Trinajstić information content (AvgIpc) is 3.36. The number of alkyl halides is 6. The summed E-state index contributed by atoms with van der Waals surface area (Å²) in [5, 5.41) is 3.20. The van der Waals surface area contributed by atoms with E-state index in [0.717, 1.165) is 12.8 Å². The van der Waals surface area contributed by atoms with Gasteiger partial charge in [-0.05, 0) is 66.8 Å². The number of aromatic nitrogens is 1. The Balaban J connectivity index is 1.53. The quantitative estimate of drug-likeness (QED) is 0.389. The van der Waals surface area contributed by atoms with Crippen LogP contribution >= 0.6 is 0 Å². The van der Waals surface area contributed by atoms with Crippen molar-refractivity contribution >= 4 is 17.0 Å². The molecule has 1 aromatic heterocycles. The number of amides is 1. The van der Waals surface area contributed by atoms with E-state index in [4.69, 9.17) is 4.42 Å². The van der Waals surface area contributed by atoms with Crippen LogP contribution in [0.4, 0.5) is 26.3 Å². The number of carbonyl (C=O) groups excluding carboxylic acids is 1. The van der Waals surface area contributed by atoms with E-state index in [9.17, 15) is 35.9 Å². The number of carbonyl (C=O) groups is 1. The SMILES string of the molecule is O=C(N(Cc1cc(C(F)(F)F)cc(C(F)(F)F)c1)Cc1ccc2oc(=O)[nH]c2c1)C1(CC2CC2)CCNC1. The zero-order valence-electron chi connectivity index (χ0n) is 20.1. The summed E-state index contributed by atoms with van der Waals surface area (Å²) in [5.41, 5.74) is -2.72. The zero-order chi connectivity index (χ0) is 27.3. The predicted octanol–water partition coefficient (Wildman–Crippen LogP) is 5.47. The Morgan fingerprint density at radius 1 is 0.974 bits per heavy atom. The fourth-order valence-electron chi connectivity index (χ4n) is 5.25. The van der Waals surface area contributed by atoms with Crippen molar-refractivity contribution in [3.05, 3.63) is 69.2 Å². The lowest BCUT2D eigenvalue weighted by molar-refractivity contribution is -0.143. The Bertz CT molecular complexity index is 1370. The first kappa shape index (κ1) is 26.3. The number of aromatic amines is 1. The first-order chi connectivity index (χ1) is 17.8. The molecule has 1 aliphatic carbocycles. The number of nitrogens with one attached hydrogen (secondary N) is 2. The number of nitrogens with zero attached hydrogens (tertiary/aromatic N) is 1. The lowest BCUT2D eigenvalue weighted by Gasteiger charge is -2.34. The van der Waals surface area contributed by atoms with Crippen LogP contribution in [-0.2, 0) is 30.2 Å². The summed E-state index contributed by atoms with van der Waals surface area (Å²) in [5.74, 6) is -0.617. The molecule has 38 heavy (non-hydrogen) atoms. The minimum Gasteiger partial charge on any atom is -0.408 e. The van der Waals surface area contributed by atoms with Crippen molar-refractivity contribution in [3.63, 3.8) is 0 Å². The maximum Gasteiger partial charge on any atom is 0.417 e. The van der Waals surface area contributed by atoms with Crippen molar-refractivity contribution in [3.8, 4) is 0 Å². The van der Waals surface area contributed by atoms with Crippen LogP contribution in [-0.4, -0.2) is 28.9 Å². The number of rotatable bonds is 7. The van der Waals surface area contributed by atoms with Gasteiger partial charge >= 0.3 is 18.1 Å². The van der Waals surface area contributed by atoms with Crippen molar-refractivity contribution in [2.24, 2.45) is 11.3 Å². The highest BCUT2D eigenvalue weighted by Gasteiger charge is 2.47. The van der Waals surface area contributed by atoms with Gasteiger partial charge in [0.25, 0.3) is 0 Å². The third-order valence-corrected chi connectivity index (χ3v) is 7.24. The van der Waals surface area contributed by atoms with Gasteiger partial charge in [0.1, 0.15) is 0 Å². The number of fused-ring (bicyclic) bond motifs is 1. The molecule has 1 unspecified atom stereocenters. The summed E-state index contributed by atoms with van der Waals surface area (Å²) in [4.78, 5) is 29.4. The first-order valence-electron chi connectivity index (χ1n) is 12.2. The summed E-state index contributed by atoms with van der Waals surface area (Å²) in [6.07, 6.45) is -6.87. The molecule has 2 aromatic carbocycles. The molecule has 1 aliphatic heterocycles. The molecule has 3 aromatic rings. The van der Waals surface area contributed by atoms with E-state index in [2.05, 4.69) is 10.3 Å². The third kappa shape index (κ3) is 5.59. The topological polar surface area (TPSA) is 78.3 Å². The molecule has 1 amide bonds. The molecule has 6 nitrogen and oxygen atoms in total. The zero-order valence-corrected chi connectivity index (χ0v) is 20.1. The minimum atomic E-state index is -4.99. The predicted molar refractivity (Wildman–Crippen MR) is 125 cm³/mol. The Morgan fingerprint density at radius 3 is 2.21 bits per heavy atom. The van der Waals surface area contributed by atoms with E-state index in [0.29, 0.717) is 55.1 Å². The molecule has 204 valence electrons. The van der Waals surface area contributed by atoms with E-state index in [1.807, 2.05) is 0 Å². The maximum atomic E-state index is 14.0. The molecular weight excluding hydrogens is 516 g/mol. The van der Waals surface area contributed by atoms with E-state index in [-0.39, 0.29) is 29.7 Å². The highest BCUT2D eigenvalue weighted by atomic mass is 19.4. The van der Waals surface area contributed by atoms with Gasteiger partial charge in [0.15, 0.2) is 5.58 Å². The molecule has 1 saturated carbocycles. The van der Waals surface area contributed by atoms with Gasteiger partial charge in [0.2, 0.25) is 5.91 Å². The molecule has 1 atom stereocenters. The number of oxazole rings is 1. The van der Waals surface area contributed by atoms with Crippen molar-refractivity contribution in [2.75, 3.05) is 13.1 Å². The Kier molecular flexibility index (Phi) is 6.57. The molecule has 1 saturated heterocycles. The van der Waals surface area contributed by atoms with Crippen LogP contribution < -0.4 is 11.1 Å². The molecule has 2 aliphatic rings. The Hall–Kier alpha value is -3.28. The fraction of sp³-hybridized carbons (Fsp3) is 0.462. The summed E-state index contributed by atoms with van der Waals surface area (Å²) in [6, 6.07) is 6.10. The van der Waals surface area contributed by atoms with Gasteiger partial charge in [-0.3, -0.25) is 9.78 Å². The molecule has 5 rings (SSSR count). The van der Waals surface area contributed by atoms with E-state index in [1.54, 1.807) is 12.1 Å². The Morgan fingerprint density at radius 2 is 1.63 bits per heavy atom.